The van der Waals surface area contributed by atoms with Crippen molar-refractivity contribution < 1.29 is 64.3 Å². The van der Waals surface area contributed by atoms with Gasteiger partial charge in [-0.05, 0) is 30.3 Å². The van der Waals surface area contributed by atoms with Crippen molar-refractivity contribution >= 4 is 17.3 Å². The average Bonchev–Trinajstić information content (AvgIpc) is 2.81. The predicted octanol–water partition coefficient (Wildman–Crippen LogP) is 5.20. The first-order valence-electron chi connectivity index (χ1n) is 9.37. The molecule has 0 aliphatic heterocycles. The number of nitro benzene ring substituents is 2. The number of nitro groups is 2. The Hall–Kier alpha value is -4.25. The fraction of sp³-hybridized carbons (Fsp3) is 0.316. The van der Waals surface area contributed by atoms with Gasteiger partial charge in [0, 0.05) is 6.07 Å². The molecule has 0 aliphatic carbocycles. The molecular formula is C19H12F8N2O8. The maximum atomic E-state index is 14.1. The van der Waals surface area contributed by atoms with Crippen molar-refractivity contribution in [2.45, 2.75) is 23.7 Å². The third kappa shape index (κ3) is 5.78. The van der Waals surface area contributed by atoms with Gasteiger partial charge in [-0.3, -0.25) is 20.2 Å². The summed E-state index contributed by atoms with van der Waals surface area (Å²) < 4.78 is 121. The molecule has 0 fully saturated rings. The molecule has 0 radical (unpaired) electrons. The minimum Gasteiger partial charge on any atom is -0.487 e. The highest BCUT2D eigenvalue weighted by Gasteiger charge is 2.81. The fourth-order valence-corrected chi connectivity index (χ4v) is 2.56. The first-order valence-corrected chi connectivity index (χ1v) is 9.37. The second-order valence-electron chi connectivity index (χ2n) is 7.13. The van der Waals surface area contributed by atoms with Crippen LogP contribution in [0.25, 0.3) is 0 Å². The van der Waals surface area contributed by atoms with Crippen LogP contribution >= 0.6 is 0 Å². The lowest BCUT2D eigenvalue weighted by atomic mass is 9.99. The number of carboxylic acids is 1. The van der Waals surface area contributed by atoms with Crippen LogP contribution in [0.3, 0.4) is 0 Å². The monoisotopic (exact) mass is 548 g/mol. The van der Waals surface area contributed by atoms with Crippen molar-refractivity contribution in [2.75, 3.05) is 13.2 Å². The summed E-state index contributed by atoms with van der Waals surface area (Å²) in [5, 5.41) is 30.3. The van der Waals surface area contributed by atoms with Crippen molar-refractivity contribution in [1.82, 2.24) is 0 Å². The second kappa shape index (κ2) is 10.0. The van der Waals surface area contributed by atoms with Crippen LogP contribution in [0.15, 0.2) is 42.5 Å². The molecule has 0 spiro atoms. The summed E-state index contributed by atoms with van der Waals surface area (Å²) in [7, 11) is 0. The topological polar surface area (TPSA) is 142 Å². The Morgan fingerprint density at radius 3 is 1.70 bits per heavy atom. The quantitative estimate of drug-likeness (QED) is 0.217. The zero-order chi connectivity index (χ0) is 28.4. The normalized spacial score (nSPS) is 12.6. The number of non-ortho nitro benzene ring substituents is 1. The summed E-state index contributed by atoms with van der Waals surface area (Å²) in [4.78, 5) is 29.8. The van der Waals surface area contributed by atoms with Gasteiger partial charge in [-0.25, -0.2) is 4.79 Å². The summed E-state index contributed by atoms with van der Waals surface area (Å²) in [6, 6.07) is 4.07. The van der Waals surface area contributed by atoms with E-state index in [1.807, 2.05) is 0 Å². The summed E-state index contributed by atoms with van der Waals surface area (Å²) in [5.74, 6) is -29.0. The summed E-state index contributed by atoms with van der Waals surface area (Å²) >= 11 is 0. The molecule has 0 atom stereocenters. The summed E-state index contributed by atoms with van der Waals surface area (Å²) in [5.41, 5.74) is -2.67. The van der Waals surface area contributed by atoms with E-state index < -0.39 is 75.6 Å². The molecule has 0 heterocycles. The maximum absolute atomic E-state index is 14.1. The number of carbonyl (C=O) groups is 1. The minimum atomic E-state index is -6.81. The van der Waals surface area contributed by atoms with Gasteiger partial charge >= 0.3 is 35.3 Å². The number of hydrogen-bond donors (Lipinski definition) is 1. The highest BCUT2D eigenvalue weighted by atomic mass is 19.4. The molecule has 0 amide bonds. The fourth-order valence-electron chi connectivity index (χ4n) is 2.56. The summed E-state index contributed by atoms with van der Waals surface area (Å²) in [6.07, 6.45) is 0. The molecule has 10 nitrogen and oxygen atoms in total. The van der Waals surface area contributed by atoms with E-state index in [0.717, 1.165) is 24.3 Å². The van der Waals surface area contributed by atoms with E-state index in [0.29, 0.717) is 12.1 Å². The van der Waals surface area contributed by atoms with Crippen molar-refractivity contribution in [2.24, 2.45) is 0 Å². The third-order valence-electron chi connectivity index (χ3n) is 4.59. The van der Waals surface area contributed by atoms with Crippen LogP contribution in [0, 0.1) is 20.2 Å². The lowest BCUT2D eigenvalue weighted by Crippen LogP contribution is -2.65. The molecule has 0 aliphatic rings. The van der Waals surface area contributed by atoms with E-state index in [1.165, 1.54) is 0 Å². The van der Waals surface area contributed by atoms with Crippen molar-refractivity contribution in [3.63, 3.8) is 0 Å². The zero-order valence-electron chi connectivity index (χ0n) is 17.7. The number of ether oxygens (including phenoxy) is 2. The SMILES string of the molecule is O=C(O)c1ccc(OCC(F)(F)C(F)(F)C(F)(F)C(F)(F)COc2ccc([N+](=O)[O-])cc2[N+](=O)[O-])cc1. The predicted molar refractivity (Wildman–Crippen MR) is 104 cm³/mol. The van der Waals surface area contributed by atoms with Gasteiger partial charge in [-0.15, -0.1) is 0 Å². The standard InChI is InChI=1S/C19H12F8N2O8/c20-16(21,8-36-12-4-1-10(2-5-12)15(30)31)18(24,25)19(26,27)17(22,23)9-37-14-6-3-11(28(32)33)7-13(14)29(34)35/h1-7H,8-9H2,(H,30,31). The van der Waals surface area contributed by atoms with Crippen LogP contribution in [0.1, 0.15) is 10.4 Å². The number of aromatic carboxylic acids is 1. The second-order valence-corrected chi connectivity index (χ2v) is 7.13. The molecule has 2 rings (SSSR count). The van der Waals surface area contributed by atoms with Gasteiger partial charge in [0.25, 0.3) is 5.69 Å². The number of halogens is 8. The van der Waals surface area contributed by atoms with E-state index in [1.54, 1.807) is 0 Å². The highest BCUT2D eigenvalue weighted by Crippen LogP contribution is 2.53. The van der Waals surface area contributed by atoms with E-state index in [4.69, 9.17) is 5.11 Å². The number of benzene rings is 2. The minimum absolute atomic E-state index is 0.203. The van der Waals surface area contributed by atoms with Gasteiger partial charge in [0.1, 0.15) is 5.75 Å². The van der Waals surface area contributed by atoms with E-state index in [-0.39, 0.29) is 11.6 Å². The van der Waals surface area contributed by atoms with Gasteiger partial charge in [-0.2, -0.15) is 35.1 Å². The first-order chi connectivity index (χ1) is 16.8. The highest BCUT2D eigenvalue weighted by molar-refractivity contribution is 5.87. The van der Waals surface area contributed by atoms with E-state index >= 15 is 0 Å². The molecule has 202 valence electrons. The molecular weight excluding hydrogens is 536 g/mol. The number of carboxylic acid groups (broad SMARTS) is 1. The zero-order valence-corrected chi connectivity index (χ0v) is 17.7. The van der Waals surface area contributed by atoms with Crippen molar-refractivity contribution in [3.05, 3.63) is 68.3 Å². The molecule has 0 unspecified atom stereocenters. The van der Waals surface area contributed by atoms with Gasteiger partial charge in [-0.1, -0.05) is 0 Å². The molecule has 0 aromatic heterocycles. The smallest absolute Gasteiger partial charge is 0.381 e. The lowest BCUT2D eigenvalue weighted by Gasteiger charge is -2.36. The number of alkyl halides is 8. The van der Waals surface area contributed by atoms with Gasteiger partial charge in [0.05, 0.1) is 21.5 Å². The van der Waals surface area contributed by atoms with Crippen LogP contribution < -0.4 is 9.47 Å². The molecule has 37 heavy (non-hydrogen) atoms. The molecule has 1 N–H and O–H groups in total. The van der Waals surface area contributed by atoms with Gasteiger partial charge in [0.15, 0.2) is 19.0 Å². The maximum Gasteiger partial charge on any atom is 0.381 e. The molecule has 2 aromatic rings. The number of rotatable bonds is 12. The van der Waals surface area contributed by atoms with Crippen LogP contribution in [0.5, 0.6) is 11.5 Å². The summed E-state index contributed by atoms with van der Waals surface area (Å²) in [6.45, 7) is -5.30. The Bertz CT molecular complexity index is 1190. The van der Waals surface area contributed by atoms with E-state index in [2.05, 4.69) is 9.47 Å². The molecule has 0 saturated heterocycles. The Balaban J connectivity index is 2.23. The van der Waals surface area contributed by atoms with Crippen LogP contribution in [0.4, 0.5) is 46.5 Å². The number of nitrogens with zero attached hydrogens (tertiary/aromatic N) is 2. The molecule has 0 bridgehead atoms. The van der Waals surface area contributed by atoms with Crippen LogP contribution in [-0.4, -0.2) is 57.8 Å². The Morgan fingerprint density at radius 2 is 1.27 bits per heavy atom. The first kappa shape index (κ1) is 29.0. The Morgan fingerprint density at radius 1 is 0.784 bits per heavy atom. The molecule has 2 aromatic carbocycles. The average molecular weight is 548 g/mol. The van der Waals surface area contributed by atoms with Crippen LogP contribution in [0.2, 0.25) is 0 Å². The van der Waals surface area contributed by atoms with E-state index in [9.17, 15) is 60.1 Å². The lowest BCUT2D eigenvalue weighted by molar-refractivity contribution is -0.395. The molecule has 0 saturated carbocycles. The molecule has 18 heteroatoms. The van der Waals surface area contributed by atoms with Crippen molar-refractivity contribution in [3.8, 4) is 11.5 Å². The van der Waals surface area contributed by atoms with Crippen LogP contribution in [-0.2, 0) is 0 Å². The largest absolute Gasteiger partial charge is 0.487 e. The van der Waals surface area contributed by atoms with Gasteiger partial charge in [0.2, 0.25) is 0 Å². The Kier molecular flexibility index (Phi) is 7.85. The van der Waals surface area contributed by atoms with Gasteiger partial charge < -0.3 is 14.6 Å². The Labute approximate surface area is 199 Å². The third-order valence-corrected chi connectivity index (χ3v) is 4.59. The van der Waals surface area contributed by atoms with Crippen molar-refractivity contribution in [1.29, 1.82) is 0 Å². The number of hydrogen-bond acceptors (Lipinski definition) is 7.